The van der Waals surface area contributed by atoms with Crippen LogP contribution in [-0.2, 0) is 17.6 Å². The number of halogens is 1. The number of carbonyl (C=O) groups is 2. The van der Waals surface area contributed by atoms with Gasteiger partial charge < -0.3 is 10.6 Å². The molecule has 4 nitrogen and oxygen atoms in total. The Balaban J connectivity index is 1.50. The van der Waals surface area contributed by atoms with Gasteiger partial charge in [-0.3, -0.25) is 9.59 Å². The highest BCUT2D eigenvalue weighted by molar-refractivity contribution is 7.21. The maximum atomic E-state index is 12.9. The molecule has 0 bridgehead atoms. The van der Waals surface area contributed by atoms with Crippen LogP contribution in [0.3, 0.4) is 0 Å². The van der Waals surface area contributed by atoms with Crippen LogP contribution >= 0.6 is 22.9 Å². The van der Waals surface area contributed by atoms with Crippen LogP contribution in [0, 0.1) is 0 Å². The first kappa shape index (κ1) is 19.9. The predicted octanol–water partition coefficient (Wildman–Crippen LogP) is 4.82. The molecule has 2 aromatic carbocycles. The van der Waals surface area contributed by atoms with Gasteiger partial charge in [-0.15, -0.1) is 11.3 Å². The molecule has 1 fully saturated rings. The fraction of sp³-hybridized carbons (Fsp3) is 0.304. The average molecular weight is 427 g/mol. The molecule has 0 spiro atoms. The summed E-state index contributed by atoms with van der Waals surface area (Å²) in [6.45, 7) is 0.771. The van der Waals surface area contributed by atoms with E-state index in [9.17, 15) is 9.59 Å². The first-order valence-corrected chi connectivity index (χ1v) is 11.1. The summed E-state index contributed by atoms with van der Waals surface area (Å²) in [4.78, 5) is 27.5. The fourth-order valence-electron chi connectivity index (χ4n) is 4.20. The maximum absolute atomic E-state index is 12.9. The molecule has 6 heteroatoms. The van der Waals surface area contributed by atoms with Crippen molar-refractivity contribution in [2.24, 2.45) is 5.73 Å². The summed E-state index contributed by atoms with van der Waals surface area (Å²) in [6, 6.07) is 15.8. The normalized spacial score (nSPS) is 16.4. The Labute approximate surface area is 179 Å². The molecule has 150 valence electrons. The molecule has 0 aliphatic carbocycles. The molecule has 0 saturated carbocycles. The third kappa shape index (κ3) is 4.31. The molecule has 0 radical (unpaired) electrons. The largest absolute Gasteiger partial charge is 0.365 e. The van der Waals surface area contributed by atoms with Crippen LogP contribution in [0.1, 0.15) is 40.1 Å². The second kappa shape index (κ2) is 8.56. The van der Waals surface area contributed by atoms with E-state index < -0.39 is 5.91 Å². The van der Waals surface area contributed by atoms with Crippen molar-refractivity contribution in [3.63, 3.8) is 0 Å². The lowest BCUT2D eigenvalue weighted by atomic mass is 10.00. The zero-order valence-electron chi connectivity index (χ0n) is 16.1. The van der Waals surface area contributed by atoms with E-state index in [0.29, 0.717) is 29.2 Å². The smallest absolute Gasteiger partial charge is 0.259 e. The van der Waals surface area contributed by atoms with Gasteiger partial charge in [0.1, 0.15) is 0 Å². The number of thiophene rings is 1. The molecule has 1 atom stereocenters. The number of nitrogens with zero attached hydrogens (tertiary/aromatic N) is 1. The van der Waals surface area contributed by atoms with Gasteiger partial charge in [-0.05, 0) is 60.4 Å². The lowest BCUT2D eigenvalue weighted by molar-refractivity contribution is -0.131. The van der Waals surface area contributed by atoms with Crippen LogP contribution < -0.4 is 5.73 Å². The van der Waals surface area contributed by atoms with Crippen LogP contribution in [0.5, 0.6) is 0 Å². The highest BCUT2D eigenvalue weighted by Gasteiger charge is 2.30. The SMILES string of the molecule is NC(=O)c1sc2ccccc2c1C[C@@H]1CCCN1C(=O)CCc1cccc(Cl)c1. The summed E-state index contributed by atoms with van der Waals surface area (Å²) in [5.41, 5.74) is 7.71. The standard InChI is InChI=1S/C23H23ClN2O2S/c24-16-6-3-5-15(13-16)10-11-21(27)26-12-4-7-17(26)14-19-18-8-1-2-9-20(18)29-22(19)23(25)28/h1-3,5-6,8-9,13,17H,4,7,10-12,14H2,(H2,25,28)/t17-/m0/s1. The van der Waals surface area contributed by atoms with Gasteiger partial charge in [0.15, 0.2) is 0 Å². The van der Waals surface area contributed by atoms with Crippen LogP contribution in [0.25, 0.3) is 10.1 Å². The minimum absolute atomic E-state index is 0.109. The van der Waals surface area contributed by atoms with Crippen LogP contribution in [-0.4, -0.2) is 29.3 Å². The fourth-order valence-corrected chi connectivity index (χ4v) is 5.50. The Morgan fingerprint density at radius 2 is 2.00 bits per heavy atom. The van der Waals surface area contributed by atoms with Gasteiger partial charge in [0, 0.05) is 28.7 Å². The number of primary amides is 1. The summed E-state index contributed by atoms with van der Waals surface area (Å²) < 4.78 is 1.06. The maximum Gasteiger partial charge on any atom is 0.259 e. The summed E-state index contributed by atoms with van der Waals surface area (Å²) in [6.07, 6.45) is 3.75. The van der Waals surface area contributed by atoms with Crippen molar-refractivity contribution in [2.75, 3.05) is 6.54 Å². The van der Waals surface area contributed by atoms with Crippen LogP contribution in [0.4, 0.5) is 0 Å². The van der Waals surface area contributed by atoms with Gasteiger partial charge in [0.05, 0.1) is 4.88 Å². The minimum atomic E-state index is -0.391. The van der Waals surface area contributed by atoms with Crippen molar-refractivity contribution in [1.82, 2.24) is 4.90 Å². The molecule has 1 aromatic heterocycles. The van der Waals surface area contributed by atoms with E-state index in [2.05, 4.69) is 0 Å². The van der Waals surface area contributed by atoms with E-state index >= 15 is 0 Å². The Hall–Kier alpha value is -2.37. The molecule has 1 aliphatic heterocycles. The number of carbonyl (C=O) groups excluding carboxylic acids is 2. The Morgan fingerprint density at radius 3 is 2.79 bits per heavy atom. The molecule has 2 amide bonds. The van der Waals surface area contributed by atoms with E-state index in [0.717, 1.165) is 40.6 Å². The molecular weight excluding hydrogens is 404 g/mol. The minimum Gasteiger partial charge on any atom is -0.365 e. The first-order chi connectivity index (χ1) is 14.0. The summed E-state index contributed by atoms with van der Waals surface area (Å²) in [5.74, 6) is -0.231. The van der Waals surface area contributed by atoms with Crippen molar-refractivity contribution >= 4 is 44.8 Å². The third-order valence-electron chi connectivity index (χ3n) is 5.58. The zero-order chi connectivity index (χ0) is 20.4. The van der Waals surface area contributed by atoms with E-state index in [1.54, 1.807) is 0 Å². The molecule has 4 rings (SSSR count). The Morgan fingerprint density at radius 1 is 1.17 bits per heavy atom. The lowest BCUT2D eigenvalue weighted by Crippen LogP contribution is -2.37. The van der Waals surface area contributed by atoms with Crippen molar-refractivity contribution < 1.29 is 9.59 Å². The summed E-state index contributed by atoms with van der Waals surface area (Å²) >= 11 is 7.49. The van der Waals surface area contributed by atoms with Gasteiger partial charge in [-0.1, -0.05) is 41.9 Å². The monoisotopic (exact) mass is 426 g/mol. The van der Waals surface area contributed by atoms with Crippen molar-refractivity contribution in [3.8, 4) is 0 Å². The average Bonchev–Trinajstić information content (AvgIpc) is 3.32. The van der Waals surface area contributed by atoms with Gasteiger partial charge in [0.25, 0.3) is 5.91 Å². The van der Waals surface area contributed by atoms with E-state index in [4.69, 9.17) is 17.3 Å². The molecule has 3 aromatic rings. The molecular formula is C23H23ClN2O2S. The molecule has 0 unspecified atom stereocenters. The number of rotatable bonds is 6. The second-order valence-corrected chi connectivity index (χ2v) is 8.98. The first-order valence-electron chi connectivity index (χ1n) is 9.87. The van der Waals surface area contributed by atoms with Crippen LogP contribution in [0.2, 0.25) is 5.02 Å². The highest BCUT2D eigenvalue weighted by atomic mass is 35.5. The Kier molecular flexibility index (Phi) is 5.88. The number of aryl methyl sites for hydroxylation is 1. The van der Waals surface area contributed by atoms with E-state index in [1.807, 2.05) is 53.4 Å². The molecule has 29 heavy (non-hydrogen) atoms. The van der Waals surface area contributed by atoms with Crippen LogP contribution in [0.15, 0.2) is 48.5 Å². The van der Waals surface area contributed by atoms with Gasteiger partial charge in [0.2, 0.25) is 5.91 Å². The second-order valence-electron chi connectivity index (χ2n) is 7.49. The number of likely N-dealkylation sites (tertiary alicyclic amines) is 1. The van der Waals surface area contributed by atoms with Gasteiger partial charge in [-0.2, -0.15) is 0 Å². The number of hydrogen-bond donors (Lipinski definition) is 1. The summed E-state index contributed by atoms with van der Waals surface area (Å²) in [7, 11) is 0. The molecule has 1 aliphatic rings. The zero-order valence-corrected chi connectivity index (χ0v) is 17.6. The molecule has 2 N–H and O–H groups in total. The topological polar surface area (TPSA) is 63.4 Å². The van der Waals surface area contributed by atoms with Gasteiger partial charge >= 0.3 is 0 Å². The molecule has 2 heterocycles. The number of nitrogens with two attached hydrogens (primary N) is 1. The summed E-state index contributed by atoms with van der Waals surface area (Å²) in [5, 5.41) is 1.77. The predicted molar refractivity (Wildman–Crippen MR) is 119 cm³/mol. The van der Waals surface area contributed by atoms with E-state index in [1.165, 1.54) is 11.3 Å². The van der Waals surface area contributed by atoms with Crippen molar-refractivity contribution in [1.29, 1.82) is 0 Å². The Bertz CT molecular complexity index is 1060. The van der Waals surface area contributed by atoms with E-state index in [-0.39, 0.29) is 11.9 Å². The number of amides is 2. The number of hydrogen-bond acceptors (Lipinski definition) is 3. The number of benzene rings is 2. The third-order valence-corrected chi connectivity index (χ3v) is 7.04. The van der Waals surface area contributed by atoms with Gasteiger partial charge in [-0.25, -0.2) is 0 Å². The molecule has 1 saturated heterocycles. The lowest BCUT2D eigenvalue weighted by Gasteiger charge is -2.25. The number of fused-ring (bicyclic) bond motifs is 1. The van der Waals surface area contributed by atoms with Crippen molar-refractivity contribution in [2.45, 2.75) is 38.1 Å². The van der Waals surface area contributed by atoms with Crippen molar-refractivity contribution in [3.05, 3.63) is 69.6 Å². The highest BCUT2D eigenvalue weighted by Crippen LogP contribution is 2.34. The quantitative estimate of drug-likeness (QED) is 0.614.